The molecule has 2 rings (SSSR count). The molecule has 2 aliphatic rings. The minimum Gasteiger partial charge on any atom is -0.393 e. The Balaban J connectivity index is 1.69. The lowest BCUT2D eigenvalue weighted by atomic mass is 9.83. The first-order valence-corrected chi connectivity index (χ1v) is 7.22. The topological polar surface area (TPSA) is 32.3 Å². The van der Waals surface area contributed by atoms with Gasteiger partial charge in [0.15, 0.2) is 0 Å². The van der Waals surface area contributed by atoms with Crippen LogP contribution in [0.5, 0.6) is 0 Å². The van der Waals surface area contributed by atoms with Gasteiger partial charge in [-0.05, 0) is 57.3 Å². The van der Waals surface area contributed by atoms with Gasteiger partial charge in [-0.1, -0.05) is 13.3 Å². The molecule has 0 spiro atoms. The molecule has 0 aromatic heterocycles. The Morgan fingerprint density at radius 2 is 1.75 bits per heavy atom. The smallest absolute Gasteiger partial charge is 0.0555 e. The maximum Gasteiger partial charge on any atom is 0.0555 e. The molecule has 2 unspecified atom stereocenters. The van der Waals surface area contributed by atoms with Crippen LogP contribution >= 0.6 is 0 Å². The van der Waals surface area contributed by atoms with Crippen LogP contribution in [0.1, 0.15) is 64.7 Å². The van der Waals surface area contributed by atoms with Crippen LogP contribution in [0.15, 0.2) is 0 Å². The zero-order chi connectivity index (χ0) is 11.4. The van der Waals surface area contributed by atoms with E-state index in [1.165, 1.54) is 44.9 Å². The number of hydrogen-bond acceptors (Lipinski definition) is 2. The molecule has 94 valence electrons. The Morgan fingerprint density at radius 1 is 1.00 bits per heavy atom. The third-order valence-corrected chi connectivity index (χ3v) is 4.54. The molecule has 0 aromatic rings. The van der Waals surface area contributed by atoms with E-state index in [1.54, 1.807) is 0 Å². The van der Waals surface area contributed by atoms with Gasteiger partial charge in [0.25, 0.3) is 0 Å². The van der Waals surface area contributed by atoms with E-state index in [9.17, 15) is 5.11 Å². The average Bonchev–Trinajstić information content (AvgIpc) is 2.30. The number of rotatable bonds is 3. The second-order valence-electron chi connectivity index (χ2n) is 5.81. The van der Waals surface area contributed by atoms with Crippen molar-refractivity contribution in [1.29, 1.82) is 0 Å². The third-order valence-electron chi connectivity index (χ3n) is 4.54. The van der Waals surface area contributed by atoms with Crippen molar-refractivity contribution in [3.05, 3.63) is 0 Å². The lowest BCUT2D eigenvalue weighted by molar-refractivity contribution is 0.105. The van der Waals surface area contributed by atoms with Crippen molar-refractivity contribution in [2.75, 3.05) is 0 Å². The molecule has 2 nitrogen and oxygen atoms in total. The Bertz CT molecular complexity index is 199. The first kappa shape index (κ1) is 12.4. The molecule has 0 amide bonds. The van der Waals surface area contributed by atoms with Gasteiger partial charge in [0.1, 0.15) is 0 Å². The van der Waals surface area contributed by atoms with Crippen LogP contribution in [0.25, 0.3) is 0 Å². The van der Waals surface area contributed by atoms with Gasteiger partial charge in [-0.25, -0.2) is 0 Å². The summed E-state index contributed by atoms with van der Waals surface area (Å²) in [6, 6.07) is 1.32. The highest BCUT2D eigenvalue weighted by Crippen LogP contribution is 2.28. The molecule has 0 heterocycles. The fourth-order valence-corrected chi connectivity index (χ4v) is 3.39. The quantitative estimate of drug-likeness (QED) is 0.774. The zero-order valence-electron chi connectivity index (χ0n) is 10.6. The van der Waals surface area contributed by atoms with Gasteiger partial charge in [-0.3, -0.25) is 0 Å². The molecule has 0 aromatic carbocycles. The molecule has 2 fully saturated rings. The van der Waals surface area contributed by atoms with E-state index in [-0.39, 0.29) is 6.10 Å². The lowest BCUT2D eigenvalue weighted by Crippen LogP contribution is -2.43. The van der Waals surface area contributed by atoms with Crippen molar-refractivity contribution >= 4 is 0 Å². The van der Waals surface area contributed by atoms with Gasteiger partial charge in [0.05, 0.1) is 6.10 Å². The zero-order valence-corrected chi connectivity index (χ0v) is 10.6. The average molecular weight is 225 g/mol. The number of hydrogen-bond donors (Lipinski definition) is 2. The van der Waals surface area contributed by atoms with Crippen molar-refractivity contribution in [3.8, 4) is 0 Å². The largest absolute Gasteiger partial charge is 0.393 e. The van der Waals surface area contributed by atoms with Gasteiger partial charge < -0.3 is 10.4 Å². The minimum absolute atomic E-state index is 0.0433. The predicted molar refractivity (Wildman–Crippen MR) is 67.4 cm³/mol. The van der Waals surface area contributed by atoms with E-state index >= 15 is 0 Å². The third kappa shape index (κ3) is 3.46. The van der Waals surface area contributed by atoms with Gasteiger partial charge >= 0.3 is 0 Å². The van der Waals surface area contributed by atoms with Crippen LogP contribution in [0.4, 0.5) is 0 Å². The van der Waals surface area contributed by atoms with E-state index < -0.39 is 0 Å². The van der Waals surface area contributed by atoms with E-state index in [1.807, 2.05) is 0 Å². The summed E-state index contributed by atoms with van der Waals surface area (Å²) in [4.78, 5) is 0. The summed E-state index contributed by atoms with van der Waals surface area (Å²) in [5.41, 5.74) is 0. The summed E-state index contributed by atoms with van der Waals surface area (Å²) in [5.74, 6) is 0.981. The molecule has 2 N–H and O–H groups in total. The van der Waals surface area contributed by atoms with Crippen LogP contribution in [-0.2, 0) is 0 Å². The fourth-order valence-electron chi connectivity index (χ4n) is 3.39. The molecular weight excluding hydrogens is 198 g/mol. The van der Waals surface area contributed by atoms with Gasteiger partial charge in [0.2, 0.25) is 0 Å². The van der Waals surface area contributed by atoms with Crippen molar-refractivity contribution in [1.82, 2.24) is 5.32 Å². The van der Waals surface area contributed by atoms with Crippen LogP contribution in [0.2, 0.25) is 0 Å². The number of nitrogens with one attached hydrogen (secondary N) is 1. The molecule has 0 radical (unpaired) electrons. The van der Waals surface area contributed by atoms with Crippen molar-refractivity contribution in [2.24, 2.45) is 5.92 Å². The summed E-state index contributed by atoms with van der Waals surface area (Å²) in [7, 11) is 0. The molecule has 2 heteroatoms. The minimum atomic E-state index is -0.0433. The molecule has 0 aliphatic heterocycles. The fraction of sp³-hybridized carbons (Fsp3) is 1.00. The lowest BCUT2D eigenvalue weighted by Gasteiger charge is -2.34. The maximum atomic E-state index is 9.65. The summed E-state index contributed by atoms with van der Waals surface area (Å²) >= 11 is 0. The molecule has 2 atom stereocenters. The monoisotopic (exact) mass is 225 g/mol. The standard InChI is InChI=1S/C14H27NO/c1-2-11-6-8-12(9-7-11)15-13-4-3-5-14(16)10-13/h11-16H,2-10H2,1H3. The van der Waals surface area contributed by atoms with E-state index in [2.05, 4.69) is 12.2 Å². The van der Waals surface area contributed by atoms with Gasteiger partial charge in [0, 0.05) is 12.1 Å². The molecular formula is C14H27NO. The molecule has 0 saturated heterocycles. The van der Waals surface area contributed by atoms with Crippen LogP contribution in [0.3, 0.4) is 0 Å². The highest BCUT2D eigenvalue weighted by Gasteiger charge is 2.25. The van der Waals surface area contributed by atoms with Gasteiger partial charge in [-0.2, -0.15) is 0 Å². The first-order valence-electron chi connectivity index (χ1n) is 7.22. The second kappa shape index (κ2) is 6.02. The molecule has 16 heavy (non-hydrogen) atoms. The normalized spacial score (nSPS) is 40.9. The van der Waals surface area contributed by atoms with Crippen molar-refractivity contribution in [3.63, 3.8) is 0 Å². The van der Waals surface area contributed by atoms with Crippen LogP contribution in [-0.4, -0.2) is 23.3 Å². The van der Waals surface area contributed by atoms with Crippen molar-refractivity contribution in [2.45, 2.75) is 82.9 Å². The van der Waals surface area contributed by atoms with E-state index in [4.69, 9.17) is 0 Å². The Kier molecular flexibility index (Phi) is 4.66. The SMILES string of the molecule is CCC1CCC(NC2CCCC(O)C2)CC1. The Labute approximate surface area is 99.8 Å². The summed E-state index contributed by atoms with van der Waals surface area (Å²) in [5, 5.41) is 13.4. The highest BCUT2D eigenvalue weighted by atomic mass is 16.3. The van der Waals surface area contributed by atoms with E-state index in [0.717, 1.165) is 24.8 Å². The van der Waals surface area contributed by atoms with Crippen LogP contribution in [0, 0.1) is 5.92 Å². The Morgan fingerprint density at radius 3 is 2.38 bits per heavy atom. The van der Waals surface area contributed by atoms with Gasteiger partial charge in [-0.15, -0.1) is 0 Å². The number of aliphatic hydroxyl groups is 1. The molecule has 0 bridgehead atoms. The predicted octanol–water partition coefficient (Wildman–Crippen LogP) is 2.85. The Hall–Kier alpha value is -0.0800. The van der Waals surface area contributed by atoms with Crippen LogP contribution < -0.4 is 5.32 Å². The summed E-state index contributed by atoms with van der Waals surface area (Å²) in [6.07, 6.45) is 11.3. The van der Waals surface area contributed by atoms with E-state index in [0.29, 0.717) is 6.04 Å². The maximum absolute atomic E-state index is 9.65. The highest BCUT2D eigenvalue weighted by molar-refractivity contribution is 4.83. The first-order chi connectivity index (χ1) is 7.78. The molecule has 2 saturated carbocycles. The number of aliphatic hydroxyl groups excluding tert-OH is 1. The summed E-state index contributed by atoms with van der Waals surface area (Å²) < 4.78 is 0. The summed E-state index contributed by atoms with van der Waals surface area (Å²) in [6.45, 7) is 2.32. The second-order valence-corrected chi connectivity index (χ2v) is 5.81. The molecule has 2 aliphatic carbocycles. The van der Waals surface area contributed by atoms with Crippen molar-refractivity contribution < 1.29 is 5.11 Å².